The molecule has 2 aliphatic rings. The van der Waals surface area contributed by atoms with Gasteiger partial charge in [0.1, 0.15) is 0 Å². The second-order valence-electron chi connectivity index (χ2n) is 10.9. The fourth-order valence-electron chi connectivity index (χ4n) is 6.49. The summed E-state index contributed by atoms with van der Waals surface area (Å²) < 4.78 is 0. The van der Waals surface area contributed by atoms with Gasteiger partial charge >= 0.3 is 0 Å². The predicted octanol–water partition coefficient (Wildman–Crippen LogP) is 8.87. The van der Waals surface area contributed by atoms with E-state index >= 15 is 0 Å². The van der Waals surface area contributed by atoms with Gasteiger partial charge in [0.05, 0.1) is 0 Å². The molecule has 178 valence electrons. The monoisotopic (exact) mass is 444 g/mol. The zero-order valence-corrected chi connectivity index (χ0v) is 21.1. The molecule has 0 aliphatic heterocycles. The SMILES string of the molecule is CCCCCc1ccc(C(=O)Cc2ccc(C3CC[C@@H](C4CCCC4)C3)cc2)c(CCC)c1. The molecule has 2 aromatic rings. The van der Waals surface area contributed by atoms with Gasteiger partial charge in [0.2, 0.25) is 0 Å². The quantitative estimate of drug-likeness (QED) is 0.250. The van der Waals surface area contributed by atoms with Crippen LogP contribution in [0.3, 0.4) is 0 Å². The third-order valence-corrected chi connectivity index (χ3v) is 8.41. The molecule has 1 unspecified atom stereocenters. The van der Waals surface area contributed by atoms with E-state index in [1.807, 2.05) is 0 Å². The second kappa shape index (κ2) is 12.0. The minimum Gasteiger partial charge on any atom is -0.294 e. The Morgan fingerprint density at radius 2 is 1.55 bits per heavy atom. The summed E-state index contributed by atoms with van der Waals surface area (Å²) in [4.78, 5) is 13.2. The maximum atomic E-state index is 13.2. The Bertz CT molecular complexity index is 887. The van der Waals surface area contributed by atoms with Crippen molar-refractivity contribution in [3.05, 3.63) is 70.3 Å². The Morgan fingerprint density at radius 1 is 0.788 bits per heavy atom. The molecule has 0 aromatic heterocycles. The van der Waals surface area contributed by atoms with Crippen LogP contribution in [0.5, 0.6) is 0 Å². The Labute approximate surface area is 202 Å². The summed E-state index contributed by atoms with van der Waals surface area (Å²) in [7, 11) is 0. The van der Waals surface area contributed by atoms with E-state index in [2.05, 4.69) is 56.3 Å². The number of carbonyl (C=O) groups excluding carboxylic acids is 1. The van der Waals surface area contributed by atoms with Crippen LogP contribution in [0.25, 0.3) is 0 Å². The van der Waals surface area contributed by atoms with E-state index in [4.69, 9.17) is 0 Å². The van der Waals surface area contributed by atoms with Crippen LogP contribution in [0.15, 0.2) is 42.5 Å². The first-order valence-corrected chi connectivity index (χ1v) is 13.9. The molecule has 2 aromatic carbocycles. The number of hydrogen-bond donors (Lipinski definition) is 0. The first kappa shape index (κ1) is 24.2. The predicted molar refractivity (Wildman–Crippen MR) is 140 cm³/mol. The summed E-state index contributed by atoms with van der Waals surface area (Å²) in [6, 6.07) is 15.7. The molecule has 2 fully saturated rings. The number of Topliss-reactive ketones (excluding diaryl/α,β-unsaturated/α-hetero) is 1. The van der Waals surface area contributed by atoms with Gasteiger partial charge in [0.25, 0.3) is 0 Å². The lowest BCUT2D eigenvalue weighted by Gasteiger charge is -2.18. The van der Waals surface area contributed by atoms with E-state index in [-0.39, 0.29) is 5.78 Å². The molecule has 0 bridgehead atoms. The maximum absolute atomic E-state index is 13.2. The Kier molecular flexibility index (Phi) is 8.82. The van der Waals surface area contributed by atoms with E-state index in [1.165, 1.54) is 80.9 Å². The van der Waals surface area contributed by atoms with Gasteiger partial charge in [0, 0.05) is 12.0 Å². The highest BCUT2D eigenvalue weighted by atomic mass is 16.1. The Morgan fingerprint density at radius 3 is 2.27 bits per heavy atom. The molecule has 0 heterocycles. The van der Waals surface area contributed by atoms with E-state index in [0.29, 0.717) is 6.42 Å². The van der Waals surface area contributed by atoms with Crippen LogP contribution in [-0.2, 0) is 19.3 Å². The smallest absolute Gasteiger partial charge is 0.167 e. The van der Waals surface area contributed by atoms with Crippen molar-refractivity contribution in [2.45, 2.75) is 110 Å². The largest absolute Gasteiger partial charge is 0.294 e. The first-order valence-electron chi connectivity index (χ1n) is 13.9. The van der Waals surface area contributed by atoms with Gasteiger partial charge < -0.3 is 0 Å². The molecule has 0 N–H and O–H groups in total. The lowest BCUT2D eigenvalue weighted by Crippen LogP contribution is -2.09. The first-order chi connectivity index (χ1) is 16.2. The van der Waals surface area contributed by atoms with Crippen LogP contribution in [-0.4, -0.2) is 5.78 Å². The van der Waals surface area contributed by atoms with Gasteiger partial charge in [0.15, 0.2) is 5.78 Å². The number of aryl methyl sites for hydroxylation is 2. The molecule has 1 nitrogen and oxygen atoms in total. The Balaban J connectivity index is 1.37. The van der Waals surface area contributed by atoms with Gasteiger partial charge in [-0.05, 0) is 78.5 Å². The summed E-state index contributed by atoms with van der Waals surface area (Å²) in [6.07, 6.45) is 17.5. The molecule has 2 aliphatic carbocycles. The highest BCUT2D eigenvalue weighted by molar-refractivity contribution is 5.99. The van der Waals surface area contributed by atoms with Crippen molar-refractivity contribution >= 4 is 5.78 Å². The highest BCUT2D eigenvalue weighted by Crippen LogP contribution is 2.46. The molecule has 4 rings (SSSR count). The minimum atomic E-state index is 0.272. The molecule has 0 saturated heterocycles. The van der Waals surface area contributed by atoms with Crippen molar-refractivity contribution < 1.29 is 4.79 Å². The van der Waals surface area contributed by atoms with Crippen molar-refractivity contribution in [2.24, 2.45) is 11.8 Å². The standard InChI is InChI=1S/C32H44O/c1-3-5-6-10-24-15-20-31(30(21-24)9-4-2)32(33)22-25-13-16-27(17-14-25)29-19-18-28(23-29)26-11-7-8-12-26/h13-17,20-21,26,28-29H,3-12,18-19,22-23H2,1-2H3/t28-,29?/m1/s1. The van der Waals surface area contributed by atoms with E-state index in [9.17, 15) is 4.79 Å². The fourth-order valence-corrected chi connectivity index (χ4v) is 6.49. The van der Waals surface area contributed by atoms with Gasteiger partial charge in [-0.2, -0.15) is 0 Å². The van der Waals surface area contributed by atoms with Crippen molar-refractivity contribution in [3.8, 4) is 0 Å². The summed E-state index contributed by atoms with van der Waals surface area (Å²) in [5.74, 6) is 2.97. The summed E-state index contributed by atoms with van der Waals surface area (Å²) in [5, 5.41) is 0. The summed E-state index contributed by atoms with van der Waals surface area (Å²) >= 11 is 0. The number of ketones is 1. The Hall–Kier alpha value is -1.89. The highest BCUT2D eigenvalue weighted by Gasteiger charge is 2.32. The number of unbranched alkanes of at least 4 members (excludes halogenated alkanes) is 2. The number of benzene rings is 2. The molecule has 0 radical (unpaired) electrons. The van der Waals surface area contributed by atoms with Gasteiger partial charge in [-0.3, -0.25) is 4.79 Å². The average molecular weight is 445 g/mol. The van der Waals surface area contributed by atoms with Crippen LogP contribution < -0.4 is 0 Å². The third kappa shape index (κ3) is 6.37. The van der Waals surface area contributed by atoms with Crippen LogP contribution in [0.2, 0.25) is 0 Å². The van der Waals surface area contributed by atoms with Crippen molar-refractivity contribution in [1.82, 2.24) is 0 Å². The molecule has 0 spiro atoms. The third-order valence-electron chi connectivity index (χ3n) is 8.41. The topological polar surface area (TPSA) is 17.1 Å². The molecule has 33 heavy (non-hydrogen) atoms. The van der Waals surface area contributed by atoms with E-state index in [0.717, 1.165) is 48.1 Å². The molecule has 0 amide bonds. The van der Waals surface area contributed by atoms with E-state index in [1.54, 1.807) is 0 Å². The normalized spacial score (nSPS) is 21.0. The zero-order chi connectivity index (χ0) is 23.0. The average Bonchev–Trinajstić information content (AvgIpc) is 3.52. The maximum Gasteiger partial charge on any atom is 0.167 e. The number of rotatable bonds is 11. The number of carbonyl (C=O) groups is 1. The minimum absolute atomic E-state index is 0.272. The fraction of sp³-hybridized carbons (Fsp3) is 0.594. The lowest BCUT2D eigenvalue weighted by molar-refractivity contribution is 0.0992. The van der Waals surface area contributed by atoms with Gasteiger partial charge in [-0.25, -0.2) is 0 Å². The molecule has 1 heteroatoms. The molecular formula is C32H44O. The zero-order valence-electron chi connectivity index (χ0n) is 21.1. The summed E-state index contributed by atoms with van der Waals surface area (Å²) in [6.45, 7) is 4.45. The van der Waals surface area contributed by atoms with Gasteiger partial charge in [-0.15, -0.1) is 0 Å². The van der Waals surface area contributed by atoms with Crippen LogP contribution in [0, 0.1) is 11.8 Å². The van der Waals surface area contributed by atoms with Crippen molar-refractivity contribution in [1.29, 1.82) is 0 Å². The number of hydrogen-bond acceptors (Lipinski definition) is 1. The second-order valence-corrected chi connectivity index (χ2v) is 10.9. The van der Waals surface area contributed by atoms with Crippen molar-refractivity contribution in [2.75, 3.05) is 0 Å². The van der Waals surface area contributed by atoms with Crippen molar-refractivity contribution in [3.63, 3.8) is 0 Å². The van der Waals surface area contributed by atoms with Crippen LogP contribution >= 0.6 is 0 Å². The molecule has 2 atom stereocenters. The molecule has 2 saturated carbocycles. The lowest BCUT2D eigenvalue weighted by atomic mass is 9.87. The summed E-state index contributed by atoms with van der Waals surface area (Å²) in [5.41, 5.74) is 6.23. The van der Waals surface area contributed by atoms with Crippen LogP contribution in [0.4, 0.5) is 0 Å². The van der Waals surface area contributed by atoms with E-state index < -0.39 is 0 Å². The van der Waals surface area contributed by atoms with Gasteiger partial charge in [-0.1, -0.05) is 101 Å². The molecular weight excluding hydrogens is 400 g/mol. The van der Waals surface area contributed by atoms with Crippen LogP contribution in [0.1, 0.15) is 123 Å².